The summed E-state index contributed by atoms with van der Waals surface area (Å²) >= 11 is 6.10. The number of nitrogens with zero attached hydrogens (tertiary/aromatic N) is 2. The molecule has 0 radical (unpaired) electrons. The molecule has 1 N–H and O–H groups in total. The smallest absolute Gasteiger partial charge is 0.257 e. The molecule has 20 heavy (non-hydrogen) atoms. The van der Waals surface area contributed by atoms with Crippen LogP contribution in [-0.2, 0) is 0 Å². The molecule has 1 amide bonds. The lowest BCUT2D eigenvalue weighted by atomic mass is 10.1. The van der Waals surface area contributed by atoms with Gasteiger partial charge in [0.15, 0.2) is 0 Å². The van der Waals surface area contributed by atoms with E-state index in [1.165, 1.54) is 6.20 Å². The maximum absolute atomic E-state index is 12.4. The summed E-state index contributed by atoms with van der Waals surface area (Å²) in [5.41, 5.74) is 1.18. The number of carbonyl (C=O) groups is 1. The van der Waals surface area contributed by atoms with Crippen LogP contribution >= 0.6 is 11.6 Å². The highest BCUT2D eigenvalue weighted by atomic mass is 35.5. The molecule has 1 rings (SSSR count). The predicted molar refractivity (Wildman–Crippen MR) is 81.1 cm³/mol. The van der Waals surface area contributed by atoms with Gasteiger partial charge in [-0.2, -0.15) is 0 Å². The molecule has 5 heteroatoms. The fraction of sp³-hybridized carbons (Fsp3) is 0.600. The van der Waals surface area contributed by atoms with E-state index >= 15 is 0 Å². The van der Waals surface area contributed by atoms with Gasteiger partial charge in [-0.05, 0) is 19.4 Å². The summed E-state index contributed by atoms with van der Waals surface area (Å²) in [6, 6.07) is 1.68. The third-order valence-electron chi connectivity index (χ3n) is 3.16. The van der Waals surface area contributed by atoms with Crippen LogP contribution in [0.15, 0.2) is 12.3 Å². The standard InChI is InChI=1S/C15H23ClN2O2/c1-3-4-5-6-7-18(8-9-19)15(20)13-11-17-12(2)10-14(13)16/h10-11,19H,3-9H2,1-2H3. The lowest BCUT2D eigenvalue weighted by Crippen LogP contribution is -2.34. The minimum Gasteiger partial charge on any atom is -0.395 e. The number of halogens is 1. The highest BCUT2D eigenvalue weighted by Gasteiger charge is 2.18. The molecule has 0 bridgehead atoms. The number of amides is 1. The van der Waals surface area contributed by atoms with Crippen LogP contribution in [0, 0.1) is 6.92 Å². The van der Waals surface area contributed by atoms with Crippen LogP contribution in [-0.4, -0.2) is 40.6 Å². The topological polar surface area (TPSA) is 53.4 Å². The van der Waals surface area contributed by atoms with Crippen molar-refractivity contribution in [3.05, 3.63) is 28.5 Å². The number of unbranched alkanes of at least 4 members (excludes halogenated alkanes) is 3. The first-order chi connectivity index (χ1) is 9.60. The molecule has 0 aromatic carbocycles. The SMILES string of the molecule is CCCCCCN(CCO)C(=O)c1cnc(C)cc1Cl. The summed E-state index contributed by atoms with van der Waals surface area (Å²) in [6.07, 6.45) is 5.86. The highest BCUT2D eigenvalue weighted by molar-refractivity contribution is 6.33. The number of aliphatic hydroxyl groups is 1. The molecule has 0 aliphatic heterocycles. The van der Waals surface area contributed by atoms with Crippen molar-refractivity contribution in [2.75, 3.05) is 19.7 Å². The Morgan fingerprint density at radius 2 is 2.10 bits per heavy atom. The zero-order valence-electron chi connectivity index (χ0n) is 12.2. The molecule has 4 nitrogen and oxygen atoms in total. The Kier molecular flexibility index (Phi) is 7.55. The molecule has 1 heterocycles. The molecule has 0 fully saturated rings. The van der Waals surface area contributed by atoms with Gasteiger partial charge in [0.25, 0.3) is 5.91 Å². The van der Waals surface area contributed by atoms with Crippen molar-refractivity contribution in [2.45, 2.75) is 39.5 Å². The molecule has 112 valence electrons. The average molecular weight is 299 g/mol. The number of pyridine rings is 1. The van der Waals surface area contributed by atoms with E-state index in [-0.39, 0.29) is 12.5 Å². The van der Waals surface area contributed by atoms with Crippen LogP contribution in [0.4, 0.5) is 0 Å². The predicted octanol–water partition coefficient (Wildman–Crippen LogP) is 3.06. The van der Waals surface area contributed by atoms with Crippen molar-refractivity contribution in [3.63, 3.8) is 0 Å². The van der Waals surface area contributed by atoms with E-state index < -0.39 is 0 Å². The number of carbonyl (C=O) groups excluding carboxylic acids is 1. The van der Waals surface area contributed by atoms with Crippen LogP contribution in [0.3, 0.4) is 0 Å². The first-order valence-corrected chi connectivity index (χ1v) is 7.50. The zero-order chi connectivity index (χ0) is 15.0. The molecule has 1 aromatic rings. The first kappa shape index (κ1) is 16.9. The summed E-state index contributed by atoms with van der Waals surface area (Å²) in [6.45, 7) is 4.90. The van der Waals surface area contributed by atoms with E-state index in [1.54, 1.807) is 11.0 Å². The molecule has 0 aliphatic carbocycles. The van der Waals surface area contributed by atoms with Gasteiger partial charge in [0, 0.05) is 25.0 Å². The van der Waals surface area contributed by atoms with Crippen LogP contribution < -0.4 is 0 Å². The van der Waals surface area contributed by atoms with Crippen LogP contribution in [0.2, 0.25) is 5.02 Å². The lowest BCUT2D eigenvalue weighted by Gasteiger charge is -2.22. The van der Waals surface area contributed by atoms with Crippen LogP contribution in [0.25, 0.3) is 0 Å². The first-order valence-electron chi connectivity index (χ1n) is 7.12. The van der Waals surface area contributed by atoms with Gasteiger partial charge in [-0.1, -0.05) is 37.8 Å². The Labute approximate surface area is 125 Å². The number of rotatable bonds is 8. The maximum atomic E-state index is 12.4. The van der Waals surface area contributed by atoms with Gasteiger partial charge in [-0.15, -0.1) is 0 Å². The summed E-state index contributed by atoms with van der Waals surface area (Å²) in [5, 5.41) is 9.52. The van der Waals surface area contributed by atoms with Crippen molar-refractivity contribution in [3.8, 4) is 0 Å². The van der Waals surface area contributed by atoms with E-state index in [4.69, 9.17) is 16.7 Å². The van der Waals surface area contributed by atoms with Crippen molar-refractivity contribution in [1.29, 1.82) is 0 Å². The number of aliphatic hydroxyl groups excluding tert-OH is 1. The monoisotopic (exact) mass is 298 g/mol. The normalized spacial score (nSPS) is 10.6. The summed E-state index contributed by atoms with van der Waals surface area (Å²) < 4.78 is 0. The molecular weight excluding hydrogens is 276 g/mol. The Balaban J connectivity index is 2.72. The number of hydrogen-bond donors (Lipinski definition) is 1. The van der Waals surface area contributed by atoms with E-state index in [9.17, 15) is 4.79 Å². The molecule has 1 aromatic heterocycles. The minimum absolute atomic E-state index is 0.0452. The Morgan fingerprint density at radius 1 is 1.35 bits per heavy atom. The van der Waals surface area contributed by atoms with E-state index in [0.717, 1.165) is 31.4 Å². The van der Waals surface area contributed by atoms with Gasteiger partial charge in [0.1, 0.15) is 0 Å². The van der Waals surface area contributed by atoms with Gasteiger partial charge < -0.3 is 10.0 Å². The zero-order valence-corrected chi connectivity index (χ0v) is 13.0. The molecule has 0 spiro atoms. The van der Waals surface area contributed by atoms with Gasteiger partial charge >= 0.3 is 0 Å². The summed E-state index contributed by atoms with van der Waals surface area (Å²) in [5.74, 6) is -0.159. The number of aryl methyl sites for hydroxylation is 1. The van der Waals surface area contributed by atoms with Crippen molar-refractivity contribution >= 4 is 17.5 Å². The molecule has 0 unspecified atom stereocenters. The van der Waals surface area contributed by atoms with E-state index in [2.05, 4.69) is 11.9 Å². The second kappa shape index (κ2) is 8.93. The van der Waals surface area contributed by atoms with Crippen molar-refractivity contribution in [1.82, 2.24) is 9.88 Å². The van der Waals surface area contributed by atoms with E-state index in [1.807, 2.05) is 6.92 Å². The number of aromatic nitrogens is 1. The highest BCUT2D eigenvalue weighted by Crippen LogP contribution is 2.18. The maximum Gasteiger partial charge on any atom is 0.257 e. The van der Waals surface area contributed by atoms with Crippen molar-refractivity contribution < 1.29 is 9.90 Å². The molecular formula is C15H23ClN2O2. The quantitative estimate of drug-likeness (QED) is 0.751. The van der Waals surface area contributed by atoms with Crippen molar-refractivity contribution in [2.24, 2.45) is 0 Å². The molecule has 0 aliphatic rings. The molecule has 0 saturated carbocycles. The van der Waals surface area contributed by atoms with Gasteiger partial charge in [-0.25, -0.2) is 0 Å². The summed E-state index contributed by atoms with van der Waals surface area (Å²) in [7, 11) is 0. The minimum atomic E-state index is -0.159. The van der Waals surface area contributed by atoms with Crippen LogP contribution in [0.5, 0.6) is 0 Å². The Morgan fingerprint density at radius 3 is 2.70 bits per heavy atom. The Hall–Kier alpha value is -1.13. The molecule has 0 atom stereocenters. The summed E-state index contributed by atoms with van der Waals surface area (Å²) in [4.78, 5) is 18.2. The number of hydrogen-bond acceptors (Lipinski definition) is 3. The van der Waals surface area contributed by atoms with Gasteiger partial charge in [0.2, 0.25) is 0 Å². The fourth-order valence-corrected chi connectivity index (χ4v) is 2.31. The fourth-order valence-electron chi connectivity index (χ4n) is 2.02. The Bertz CT molecular complexity index is 438. The second-order valence-corrected chi connectivity index (χ2v) is 5.29. The van der Waals surface area contributed by atoms with Gasteiger partial charge in [-0.3, -0.25) is 9.78 Å². The average Bonchev–Trinajstić information content (AvgIpc) is 2.41. The largest absolute Gasteiger partial charge is 0.395 e. The van der Waals surface area contributed by atoms with Gasteiger partial charge in [0.05, 0.1) is 17.2 Å². The second-order valence-electron chi connectivity index (χ2n) is 4.88. The van der Waals surface area contributed by atoms with E-state index in [0.29, 0.717) is 23.7 Å². The lowest BCUT2D eigenvalue weighted by molar-refractivity contribution is 0.0718. The molecule has 0 saturated heterocycles. The third kappa shape index (κ3) is 5.10. The third-order valence-corrected chi connectivity index (χ3v) is 3.47. The van der Waals surface area contributed by atoms with Crippen LogP contribution in [0.1, 0.15) is 48.7 Å².